The van der Waals surface area contributed by atoms with E-state index in [2.05, 4.69) is 10.6 Å². The van der Waals surface area contributed by atoms with Crippen molar-refractivity contribution in [1.29, 1.82) is 0 Å². The van der Waals surface area contributed by atoms with Crippen molar-refractivity contribution in [2.75, 3.05) is 11.9 Å². The molecule has 0 bridgehead atoms. The lowest BCUT2D eigenvalue weighted by Gasteiger charge is -2.15. The van der Waals surface area contributed by atoms with E-state index in [-0.39, 0.29) is 24.2 Å². The number of carbonyl (C=O) groups is 3. The van der Waals surface area contributed by atoms with Gasteiger partial charge in [-0.2, -0.15) is 0 Å². The third-order valence-electron chi connectivity index (χ3n) is 3.89. The van der Waals surface area contributed by atoms with Crippen LogP contribution in [0.3, 0.4) is 0 Å². The lowest BCUT2D eigenvalue weighted by Crippen LogP contribution is -2.46. The van der Waals surface area contributed by atoms with Crippen molar-refractivity contribution in [3.8, 4) is 0 Å². The smallest absolute Gasteiger partial charge is 0.243 e. The Morgan fingerprint density at radius 2 is 1.62 bits per heavy atom. The van der Waals surface area contributed by atoms with Gasteiger partial charge in [-0.15, -0.1) is 0 Å². The van der Waals surface area contributed by atoms with Crippen molar-refractivity contribution in [3.05, 3.63) is 65.7 Å². The molecule has 0 radical (unpaired) electrons. The minimum atomic E-state index is -0.658. The van der Waals surface area contributed by atoms with Gasteiger partial charge in [0.25, 0.3) is 0 Å². The molecule has 26 heavy (non-hydrogen) atoms. The summed E-state index contributed by atoms with van der Waals surface area (Å²) in [4.78, 5) is 36.2. The number of benzene rings is 2. The monoisotopic (exact) mass is 353 g/mol. The van der Waals surface area contributed by atoms with Crippen LogP contribution in [0, 0.1) is 5.92 Å². The lowest BCUT2D eigenvalue weighted by atomic mass is 10.0. The summed E-state index contributed by atoms with van der Waals surface area (Å²) in [5.74, 6) is -0.904. The van der Waals surface area contributed by atoms with Crippen molar-refractivity contribution in [3.63, 3.8) is 0 Å². The summed E-state index contributed by atoms with van der Waals surface area (Å²) in [5, 5.41) is 5.17. The average Bonchev–Trinajstić information content (AvgIpc) is 2.65. The van der Waals surface area contributed by atoms with Gasteiger partial charge in [-0.25, -0.2) is 0 Å². The first kappa shape index (κ1) is 19.3. The number of hydrogen-bond donors (Lipinski definition) is 3. The molecule has 2 aromatic rings. The molecule has 0 aliphatic carbocycles. The molecule has 0 saturated heterocycles. The molecule has 2 rings (SSSR count). The van der Waals surface area contributed by atoms with Crippen molar-refractivity contribution < 1.29 is 14.4 Å². The molecule has 2 amide bonds. The molecule has 0 aliphatic rings. The van der Waals surface area contributed by atoms with Gasteiger partial charge >= 0.3 is 0 Å². The topological polar surface area (TPSA) is 101 Å². The highest BCUT2D eigenvalue weighted by Crippen LogP contribution is 2.15. The van der Waals surface area contributed by atoms with Crippen LogP contribution in [-0.4, -0.2) is 30.2 Å². The SMILES string of the molecule is CC(C)[C@H](N)C(=O)NCC(=O)Nc1cccc(C(=O)c2ccccc2)c1. The van der Waals surface area contributed by atoms with Crippen LogP contribution < -0.4 is 16.4 Å². The van der Waals surface area contributed by atoms with Crippen molar-refractivity contribution in [2.45, 2.75) is 19.9 Å². The molecule has 0 fully saturated rings. The standard InChI is InChI=1S/C20H23N3O3/c1-13(2)18(21)20(26)22-12-17(24)23-16-10-6-9-15(11-16)19(25)14-7-4-3-5-8-14/h3-11,13,18H,12,21H2,1-2H3,(H,22,26)(H,23,24)/t18-/m0/s1. The highest BCUT2D eigenvalue weighted by atomic mass is 16.2. The lowest BCUT2D eigenvalue weighted by molar-refractivity contribution is -0.125. The van der Waals surface area contributed by atoms with E-state index in [0.29, 0.717) is 16.8 Å². The van der Waals surface area contributed by atoms with Crippen LogP contribution in [0.5, 0.6) is 0 Å². The predicted molar refractivity (Wildman–Crippen MR) is 101 cm³/mol. The number of anilines is 1. The summed E-state index contributed by atoms with van der Waals surface area (Å²) in [7, 11) is 0. The van der Waals surface area contributed by atoms with Gasteiger partial charge in [-0.1, -0.05) is 56.3 Å². The van der Waals surface area contributed by atoms with Gasteiger partial charge in [0.1, 0.15) is 0 Å². The van der Waals surface area contributed by atoms with Gasteiger partial charge in [0, 0.05) is 16.8 Å². The largest absolute Gasteiger partial charge is 0.346 e. The van der Waals surface area contributed by atoms with Crippen molar-refractivity contribution in [1.82, 2.24) is 5.32 Å². The normalized spacial score (nSPS) is 11.7. The minimum Gasteiger partial charge on any atom is -0.346 e. The van der Waals surface area contributed by atoms with Gasteiger partial charge in [-0.3, -0.25) is 14.4 Å². The highest BCUT2D eigenvalue weighted by molar-refractivity contribution is 6.09. The molecule has 0 saturated carbocycles. The zero-order valence-electron chi connectivity index (χ0n) is 14.9. The first-order valence-electron chi connectivity index (χ1n) is 8.41. The maximum Gasteiger partial charge on any atom is 0.243 e. The third-order valence-corrected chi connectivity index (χ3v) is 3.89. The molecular weight excluding hydrogens is 330 g/mol. The van der Waals surface area contributed by atoms with Gasteiger partial charge < -0.3 is 16.4 Å². The molecule has 6 heteroatoms. The molecule has 0 aromatic heterocycles. The minimum absolute atomic E-state index is 0.0151. The van der Waals surface area contributed by atoms with Gasteiger partial charge in [0.05, 0.1) is 12.6 Å². The third kappa shape index (κ3) is 5.26. The molecule has 136 valence electrons. The fourth-order valence-electron chi connectivity index (χ4n) is 2.29. The Morgan fingerprint density at radius 3 is 2.27 bits per heavy atom. The van der Waals surface area contributed by atoms with E-state index in [9.17, 15) is 14.4 Å². The van der Waals surface area contributed by atoms with Crippen LogP contribution in [0.25, 0.3) is 0 Å². The summed E-state index contributed by atoms with van der Waals surface area (Å²) in [5.41, 5.74) is 7.26. The first-order valence-corrected chi connectivity index (χ1v) is 8.41. The van der Waals surface area contributed by atoms with Gasteiger partial charge in [-0.05, 0) is 18.1 Å². The van der Waals surface area contributed by atoms with Crippen LogP contribution in [0.2, 0.25) is 0 Å². The summed E-state index contributed by atoms with van der Waals surface area (Å²) < 4.78 is 0. The van der Waals surface area contributed by atoms with E-state index in [1.807, 2.05) is 19.9 Å². The average molecular weight is 353 g/mol. The number of nitrogens with one attached hydrogen (secondary N) is 2. The number of amides is 2. The molecule has 1 atom stereocenters. The predicted octanol–water partition coefficient (Wildman–Crippen LogP) is 1.96. The summed E-state index contributed by atoms with van der Waals surface area (Å²) in [6.07, 6.45) is 0. The van der Waals surface area contributed by atoms with E-state index >= 15 is 0 Å². The van der Waals surface area contributed by atoms with Crippen LogP contribution in [-0.2, 0) is 9.59 Å². The highest BCUT2D eigenvalue weighted by Gasteiger charge is 2.17. The quantitative estimate of drug-likeness (QED) is 0.662. The van der Waals surface area contributed by atoms with Crippen LogP contribution >= 0.6 is 0 Å². The molecule has 0 unspecified atom stereocenters. The van der Waals surface area contributed by atoms with Crippen molar-refractivity contribution >= 4 is 23.3 Å². The first-order chi connectivity index (χ1) is 12.4. The van der Waals surface area contributed by atoms with Gasteiger partial charge in [0.2, 0.25) is 11.8 Å². The number of rotatable bonds is 7. The van der Waals surface area contributed by atoms with Crippen LogP contribution in [0.15, 0.2) is 54.6 Å². The number of carbonyl (C=O) groups excluding carboxylic acids is 3. The molecular formula is C20H23N3O3. The molecule has 0 spiro atoms. The van der Waals surface area contributed by atoms with E-state index in [1.165, 1.54) is 0 Å². The fourth-order valence-corrected chi connectivity index (χ4v) is 2.29. The van der Waals surface area contributed by atoms with Crippen LogP contribution in [0.1, 0.15) is 29.8 Å². The van der Waals surface area contributed by atoms with E-state index in [0.717, 1.165) is 0 Å². The summed E-state index contributed by atoms with van der Waals surface area (Å²) in [6.45, 7) is 3.48. The Balaban J connectivity index is 1.97. The van der Waals surface area contributed by atoms with Crippen molar-refractivity contribution in [2.24, 2.45) is 11.7 Å². The van der Waals surface area contributed by atoms with E-state index in [4.69, 9.17) is 5.73 Å². The second-order valence-electron chi connectivity index (χ2n) is 6.31. The maximum atomic E-state index is 12.5. The zero-order valence-corrected chi connectivity index (χ0v) is 14.9. The Kier molecular flexibility index (Phi) is 6.63. The molecule has 4 N–H and O–H groups in total. The van der Waals surface area contributed by atoms with Crippen LogP contribution in [0.4, 0.5) is 5.69 Å². The number of ketones is 1. The summed E-state index contributed by atoms with van der Waals surface area (Å²) >= 11 is 0. The summed E-state index contributed by atoms with van der Waals surface area (Å²) in [6, 6.07) is 14.9. The second-order valence-corrected chi connectivity index (χ2v) is 6.31. The number of nitrogens with two attached hydrogens (primary N) is 1. The molecule has 2 aromatic carbocycles. The Labute approximate surface area is 152 Å². The Bertz CT molecular complexity index is 788. The molecule has 6 nitrogen and oxygen atoms in total. The van der Waals surface area contributed by atoms with E-state index < -0.39 is 11.9 Å². The fraction of sp³-hybridized carbons (Fsp3) is 0.250. The van der Waals surface area contributed by atoms with E-state index in [1.54, 1.807) is 48.5 Å². The Hall–Kier alpha value is -2.99. The Morgan fingerprint density at radius 1 is 0.962 bits per heavy atom. The second kappa shape index (κ2) is 8.92. The zero-order chi connectivity index (χ0) is 19.1. The molecule has 0 aliphatic heterocycles. The molecule has 0 heterocycles. The maximum absolute atomic E-state index is 12.5. The number of hydrogen-bond acceptors (Lipinski definition) is 4. The van der Waals surface area contributed by atoms with Gasteiger partial charge in [0.15, 0.2) is 5.78 Å².